The molecule has 0 aromatic carbocycles. The summed E-state index contributed by atoms with van der Waals surface area (Å²) in [6.45, 7) is 0. The summed E-state index contributed by atoms with van der Waals surface area (Å²) >= 11 is 4.76. The normalized spacial score (nSPS) is 6.67. The number of pyridine rings is 1. The Bertz CT molecular complexity index is 183. The van der Waals surface area contributed by atoms with Gasteiger partial charge < -0.3 is 10.5 Å². The average molecular weight is 151 g/mol. The number of nitrogens with one attached hydrogen (secondary N) is 1. The van der Waals surface area contributed by atoms with Crippen molar-refractivity contribution in [2.75, 3.05) is 0 Å². The molecule has 0 aliphatic heterocycles. The third-order valence-electron chi connectivity index (χ3n) is 0.681. The van der Waals surface area contributed by atoms with Crippen molar-refractivity contribution < 1.29 is 5.48 Å². The Morgan fingerprint density at radius 1 is 1.33 bits per heavy atom. The predicted molar refractivity (Wildman–Crippen MR) is 38.1 cm³/mol. The van der Waals surface area contributed by atoms with E-state index in [1.165, 1.54) is 0 Å². The Balaban J connectivity index is 0. The topological polar surface area (TPSA) is 44.3 Å². The number of H-pyrrole nitrogens is 1. The molecule has 0 spiro atoms. The van der Waals surface area contributed by atoms with Gasteiger partial charge in [-0.2, -0.15) is 0 Å². The zero-order chi connectivity index (χ0) is 5.11. The van der Waals surface area contributed by atoms with E-state index in [4.69, 9.17) is 12.2 Å². The van der Waals surface area contributed by atoms with Crippen molar-refractivity contribution in [1.29, 1.82) is 0 Å². The van der Waals surface area contributed by atoms with Gasteiger partial charge in [0.2, 0.25) is 0 Å². The second-order valence-corrected chi connectivity index (χ2v) is 1.67. The van der Waals surface area contributed by atoms with Crippen LogP contribution in [0.25, 0.3) is 0 Å². The van der Waals surface area contributed by atoms with Crippen LogP contribution < -0.4 is 0 Å². The molecule has 1 N–H and O–H groups in total. The number of rotatable bonds is 0. The summed E-state index contributed by atoms with van der Waals surface area (Å²) in [6.07, 6.45) is 1.81. The molecule has 9 heavy (non-hydrogen) atoms. The Morgan fingerprint density at radius 3 is 2.22 bits per heavy atom. The molecule has 1 aromatic heterocycles. The van der Waals surface area contributed by atoms with Crippen molar-refractivity contribution in [2.24, 2.45) is 0 Å². The fraction of sp³-hybridized carbons (Fsp3) is 0. The fourth-order valence-corrected chi connectivity index (χ4v) is 0.523. The predicted octanol–water partition coefficient (Wildman–Crippen LogP) is 1.24. The summed E-state index contributed by atoms with van der Waals surface area (Å²) in [6, 6.07) is 5.64. The molecular formula is C5H5MgNOS. The van der Waals surface area contributed by atoms with Crippen molar-refractivity contribution in [3.05, 3.63) is 29.0 Å². The molecule has 2 nitrogen and oxygen atoms in total. The smallest absolute Gasteiger partial charge is 2.00 e. The van der Waals surface area contributed by atoms with Gasteiger partial charge in [0.15, 0.2) is 0 Å². The molecule has 0 aliphatic rings. The first-order chi connectivity index (χ1) is 3.39. The molecule has 1 rings (SSSR count). The maximum atomic E-state index is 4.76. The molecular weight excluding hydrogens is 146 g/mol. The molecule has 0 saturated carbocycles. The van der Waals surface area contributed by atoms with Crippen molar-refractivity contribution in [1.82, 2.24) is 4.98 Å². The minimum atomic E-state index is 0. The molecule has 1 heterocycles. The van der Waals surface area contributed by atoms with E-state index in [-0.39, 0.29) is 28.5 Å². The van der Waals surface area contributed by atoms with Gasteiger partial charge in [-0.05, 0) is 12.1 Å². The second-order valence-electron chi connectivity index (χ2n) is 1.23. The van der Waals surface area contributed by atoms with Gasteiger partial charge in [-0.1, -0.05) is 18.3 Å². The van der Waals surface area contributed by atoms with Crippen molar-refractivity contribution in [2.45, 2.75) is 0 Å². The molecule has 1 aromatic rings. The van der Waals surface area contributed by atoms with Crippen LogP contribution in [0, 0.1) is 4.64 Å². The van der Waals surface area contributed by atoms with Crippen LogP contribution in [-0.4, -0.2) is 28.0 Å². The van der Waals surface area contributed by atoms with E-state index in [2.05, 4.69) is 4.98 Å². The minimum Gasteiger partial charge on any atom is -2.00 e. The second kappa shape index (κ2) is 6.22. The van der Waals surface area contributed by atoms with Crippen LogP contribution in [-0.2, 0) is 5.48 Å². The maximum absolute atomic E-state index is 4.76. The standard InChI is InChI=1S/C5H5NS.Mg.O/c7-5-3-1-2-4-6-5;;/h1-4H,(H,6,7);;/q;+2;-2. The van der Waals surface area contributed by atoms with E-state index in [1.807, 2.05) is 24.4 Å². The van der Waals surface area contributed by atoms with Crippen molar-refractivity contribution in [3.63, 3.8) is 0 Å². The van der Waals surface area contributed by atoms with Gasteiger partial charge in [0, 0.05) is 6.20 Å². The number of aromatic amines is 1. The molecule has 0 radical (unpaired) electrons. The molecule has 4 heteroatoms. The third-order valence-corrected chi connectivity index (χ3v) is 0.934. The van der Waals surface area contributed by atoms with Crippen LogP contribution in [0.3, 0.4) is 0 Å². The first-order valence-electron chi connectivity index (χ1n) is 2.03. The third kappa shape index (κ3) is 4.59. The van der Waals surface area contributed by atoms with Crippen LogP contribution in [0.2, 0.25) is 0 Å². The van der Waals surface area contributed by atoms with Gasteiger partial charge in [-0.15, -0.1) is 0 Å². The minimum absolute atomic E-state index is 0. The van der Waals surface area contributed by atoms with Crippen molar-refractivity contribution >= 4 is 35.3 Å². The Morgan fingerprint density at radius 2 is 2.00 bits per heavy atom. The SMILES string of the molecule is S=c1cccc[nH]1.[Mg+2].[O-2]. The van der Waals surface area contributed by atoms with E-state index in [1.54, 1.807) is 0 Å². The number of hydrogen-bond acceptors (Lipinski definition) is 1. The number of hydrogen-bond donors (Lipinski definition) is 1. The molecule has 0 aliphatic carbocycles. The quantitative estimate of drug-likeness (QED) is 0.440. The molecule has 0 atom stereocenters. The van der Waals surface area contributed by atoms with Crippen LogP contribution in [0.4, 0.5) is 0 Å². The van der Waals surface area contributed by atoms with E-state index in [9.17, 15) is 0 Å². The molecule has 44 valence electrons. The fourth-order valence-electron chi connectivity index (χ4n) is 0.377. The van der Waals surface area contributed by atoms with Gasteiger partial charge in [0.25, 0.3) is 0 Å². The number of aromatic nitrogens is 1. The molecule has 0 fully saturated rings. The van der Waals surface area contributed by atoms with Gasteiger partial charge in [-0.3, -0.25) is 0 Å². The van der Waals surface area contributed by atoms with Gasteiger partial charge in [0.1, 0.15) is 4.64 Å². The summed E-state index contributed by atoms with van der Waals surface area (Å²) in [5.74, 6) is 0. The Labute approximate surface area is 74.8 Å². The van der Waals surface area contributed by atoms with Crippen LogP contribution in [0.15, 0.2) is 24.4 Å². The van der Waals surface area contributed by atoms with E-state index in [0.717, 1.165) is 4.64 Å². The van der Waals surface area contributed by atoms with Crippen molar-refractivity contribution in [3.8, 4) is 0 Å². The summed E-state index contributed by atoms with van der Waals surface area (Å²) < 4.78 is 0.780. The monoisotopic (exact) mass is 151 g/mol. The molecule has 0 unspecified atom stereocenters. The van der Waals surface area contributed by atoms with Gasteiger partial charge in [-0.25, -0.2) is 0 Å². The Hall–Kier alpha value is 0.0962. The van der Waals surface area contributed by atoms with E-state index < -0.39 is 0 Å². The first kappa shape index (κ1) is 11.8. The summed E-state index contributed by atoms with van der Waals surface area (Å²) in [5, 5.41) is 0. The summed E-state index contributed by atoms with van der Waals surface area (Å²) in [5.41, 5.74) is 0. The first-order valence-corrected chi connectivity index (χ1v) is 2.44. The van der Waals surface area contributed by atoms with Crippen LogP contribution in [0.1, 0.15) is 0 Å². The molecule has 0 amide bonds. The summed E-state index contributed by atoms with van der Waals surface area (Å²) in [7, 11) is 0. The van der Waals surface area contributed by atoms with Crippen LogP contribution in [0.5, 0.6) is 0 Å². The molecule has 0 bridgehead atoms. The zero-order valence-electron chi connectivity index (χ0n) is 4.83. The van der Waals surface area contributed by atoms with Gasteiger partial charge >= 0.3 is 23.1 Å². The Kier molecular flexibility index (Phi) is 8.18. The zero-order valence-corrected chi connectivity index (χ0v) is 7.06. The van der Waals surface area contributed by atoms with E-state index in [0.29, 0.717) is 0 Å². The van der Waals surface area contributed by atoms with Crippen LogP contribution >= 0.6 is 12.2 Å². The largest absolute Gasteiger partial charge is 2.00 e. The van der Waals surface area contributed by atoms with Gasteiger partial charge in [0.05, 0.1) is 0 Å². The average Bonchev–Trinajstić information content (AvgIpc) is 1.69. The maximum Gasteiger partial charge on any atom is 2.00 e. The molecule has 0 saturated heterocycles. The summed E-state index contributed by atoms with van der Waals surface area (Å²) in [4.78, 5) is 2.85. The van der Waals surface area contributed by atoms with E-state index >= 15 is 0 Å².